The molecule has 7 nitrogen and oxygen atoms in total. The zero-order valence-electron chi connectivity index (χ0n) is 17.9. The number of amides is 1. The Morgan fingerprint density at radius 3 is 2.48 bits per heavy atom. The highest BCUT2D eigenvalue weighted by Crippen LogP contribution is 2.31. The van der Waals surface area contributed by atoms with Gasteiger partial charge in [-0.05, 0) is 36.6 Å². The Kier molecular flexibility index (Phi) is 7.77. The Labute approximate surface area is 180 Å². The number of rotatable bonds is 7. The van der Waals surface area contributed by atoms with Crippen LogP contribution in [0.2, 0.25) is 0 Å². The molecule has 31 heavy (non-hydrogen) atoms. The van der Waals surface area contributed by atoms with Crippen LogP contribution in [0.5, 0.6) is 0 Å². The van der Waals surface area contributed by atoms with Crippen LogP contribution in [-0.2, 0) is 25.8 Å². The van der Waals surface area contributed by atoms with Crippen molar-refractivity contribution in [1.29, 1.82) is 0 Å². The predicted molar refractivity (Wildman–Crippen MR) is 109 cm³/mol. The normalized spacial score (nSPS) is 17.1. The van der Waals surface area contributed by atoms with Crippen molar-refractivity contribution < 1.29 is 31.2 Å². The second-order valence-electron chi connectivity index (χ2n) is 8.41. The van der Waals surface area contributed by atoms with E-state index < -0.39 is 26.7 Å². The number of alkyl halides is 3. The van der Waals surface area contributed by atoms with Crippen molar-refractivity contribution in [2.45, 2.75) is 51.2 Å². The van der Waals surface area contributed by atoms with Gasteiger partial charge in [0.15, 0.2) is 6.61 Å². The number of hydroxylamine groups is 1. The van der Waals surface area contributed by atoms with Crippen LogP contribution >= 0.6 is 0 Å². The smallest absolute Gasteiger partial charge is 0.351 e. The van der Waals surface area contributed by atoms with Gasteiger partial charge in [0.25, 0.3) is 0 Å². The molecule has 0 radical (unpaired) electrons. The fourth-order valence-electron chi connectivity index (χ4n) is 2.64. The van der Waals surface area contributed by atoms with Crippen molar-refractivity contribution in [2.24, 2.45) is 5.41 Å². The number of sulfonamides is 1. The van der Waals surface area contributed by atoms with E-state index in [-0.39, 0.29) is 43.5 Å². The Balaban J connectivity index is 1.91. The van der Waals surface area contributed by atoms with Gasteiger partial charge >= 0.3 is 6.18 Å². The Bertz CT molecular complexity index is 924. The van der Waals surface area contributed by atoms with Gasteiger partial charge in [0.05, 0.1) is 10.5 Å². The lowest BCUT2D eigenvalue weighted by Gasteiger charge is -2.28. The molecule has 1 aromatic rings. The number of benzene rings is 1. The molecule has 1 aliphatic rings. The maximum Gasteiger partial charge on any atom is 0.416 e. The van der Waals surface area contributed by atoms with Crippen molar-refractivity contribution in [2.75, 3.05) is 19.7 Å². The fraction of sp³-hybridized carbons (Fsp3) is 0.550. The van der Waals surface area contributed by atoms with Gasteiger partial charge in [0, 0.05) is 31.2 Å². The second-order valence-corrected chi connectivity index (χ2v) is 10.4. The van der Waals surface area contributed by atoms with Gasteiger partial charge < -0.3 is 5.32 Å². The number of hydrogen-bond donors (Lipinski definition) is 2. The lowest BCUT2D eigenvalue weighted by atomic mass is 9.88. The predicted octanol–water partition coefficient (Wildman–Crippen LogP) is 3.06. The molecule has 1 aromatic carbocycles. The summed E-state index contributed by atoms with van der Waals surface area (Å²) in [6.45, 7) is 7.72. The maximum atomic E-state index is 12.9. The summed E-state index contributed by atoms with van der Waals surface area (Å²) in [5.41, 5.74) is 2.11. The number of nitrogens with zero attached hydrogens (tertiary/aromatic N) is 1. The van der Waals surface area contributed by atoms with E-state index in [1.807, 2.05) is 27.7 Å². The van der Waals surface area contributed by atoms with E-state index in [2.05, 4.69) is 10.8 Å². The molecule has 0 aliphatic carbocycles. The van der Waals surface area contributed by atoms with E-state index in [0.29, 0.717) is 11.8 Å². The first-order chi connectivity index (χ1) is 14.2. The summed E-state index contributed by atoms with van der Waals surface area (Å²) < 4.78 is 65.1. The largest absolute Gasteiger partial charge is 0.416 e. The summed E-state index contributed by atoms with van der Waals surface area (Å²) in [6, 6.07) is 3.62. The van der Waals surface area contributed by atoms with Gasteiger partial charge in [-0.15, -0.1) is 0 Å². The summed E-state index contributed by atoms with van der Waals surface area (Å²) >= 11 is 0. The van der Waals surface area contributed by atoms with Gasteiger partial charge in [0.1, 0.15) is 0 Å². The highest BCUT2D eigenvalue weighted by molar-refractivity contribution is 7.89. The lowest BCUT2D eigenvalue weighted by Crippen LogP contribution is -2.43. The quantitative estimate of drug-likeness (QED) is 0.607. The molecular weight excluding hydrogens is 435 g/mol. The Morgan fingerprint density at radius 1 is 1.26 bits per heavy atom. The van der Waals surface area contributed by atoms with Crippen molar-refractivity contribution in [3.05, 3.63) is 41.6 Å². The van der Waals surface area contributed by atoms with Crippen LogP contribution in [0.3, 0.4) is 0 Å². The van der Waals surface area contributed by atoms with E-state index in [0.717, 1.165) is 22.5 Å². The molecule has 2 N–H and O–H groups in total. The molecule has 174 valence electrons. The van der Waals surface area contributed by atoms with Gasteiger partial charge in [-0.3, -0.25) is 15.1 Å². The number of carbonyl (C=O) groups is 1. The van der Waals surface area contributed by atoms with Crippen LogP contribution in [0.15, 0.2) is 40.9 Å². The minimum Gasteiger partial charge on any atom is -0.351 e. The number of carbonyl (C=O) groups excluding carboxylic acids is 1. The molecule has 1 amide bonds. The zero-order valence-corrected chi connectivity index (χ0v) is 18.7. The van der Waals surface area contributed by atoms with Crippen LogP contribution in [-0.4, -0.2) is 44.4 Å². The van der Waals surface area contributed by atoms with Crippen LogP contribution in [0.25, 0.3) is 0 Å². The first-order valence-corrected chi connectivity index (χ1v) is 11.2. The molecule has 2 rings (SSSR count). The standard InChI is InChI=1S/C20H28F3N3O4S/c1-14(19(2,3)4)24-18(27)13-30-25-16-8-10-26(11-9-16)31(28,29)17-7-5-6-15(12-17)20(21,22)23/h5-8,12,14,25H,9-11,13H2,1-4H3,(H,24,27). The van der Waals surface area contributed by atoms with E-state index >= 15 is 0 Å². The molecular formula is C20H28F3N3O4S. The molecule has 0 bridgehead atoms. The summed E-state index contributed by atoms with van der Waals surface area (Å²) in [5, 5.41) is 2.83. The molecule has 0 aromatic heterocycles. The molecule has 11 heteroatoms. The first-order valence-electron chi connectivity index (χ1n) is 9.75. The average molecular weight is 464 g/mol. The third kappa shape index (κ3) is 6.94. The van der Waals surface area contributed by atoms with Gasteiger partial charge in [-0.1, -0.05) is 26.8 Å². The summed E-state index contributed by atoms with van der Waals surface area (Å²) in [4.78, 5) is 16.7. The van der Waals surface area contributed by atoms with Gasteiger partial charge in [-0.2, -0.15) is 17.5 Å². The number of hydrogen-bond acceptors (Lipinski definition) is 5. The molecule has 0 saturated heterocycles. The van der Waals surface area contributed by atoms with E-state index in [1.165, 1.54) is 0 Å². The van der Waals surface area contributed by atoms with Crippen molar-refractivity contribution in [3.8, 4) is 0 Å². The molecule has 1 atom stereocenters. The summed E-state index contributed by atoms with van der Waals surface area (Å²) in [7, 11) is -4.07. The van der Waals surface area contributed by atoms with E-state index in [9.17, 15) is 26.4 Å². The van der Waals surface area contributed by atoms with Crippen LogP contribution in [0, 0.1) is 5.41 Å². The first kappa shape index (κ1) is 25.2. The van der Waals surface area contributed by atoms with Crippen molar-refractivity contribution in [3.63, 3.8) is 0 Å². The third-order valence-corrected chi connectivity index (χ3v) is 6.92. The molecule has 1 aliphatic heterocycles. The topological polar surface area (TPSA) is 87.7 Å². The highest BCUT2D eigenvalue weighted by atomic mass is 32.2. The van der Waals surface area contributed by atoms with E-state index in [1.54, 1.807) is 6.08 Å². The molecule has 0 spiro atoms. The molecule has 0 saturated carbocycles. The highest BCUT2D eigenvalue weighted by Gasteiger charge is 2.33. The van der Waals surface area contributed by atoms with E-state index in [4.69, 9.17) is 4.84 Å². The Hall–Kier alpha value is -2.11. The van der Waals surface area contributed by atoms with Crippen LogP contribution in [0.4, 0.5) is 13.2 Å². The summed E-state index contributed by atoms with van der Waals surface area (Å²) in [5.74, 6) is -0.292. The minimum atomic E-state index is -4.63. The zero-order chi connectivity index (χ0) is 23.4. The minimum absolute atomic E-state index is 0.0302. The summed E-state index contributed by atoms with van der Waals surface area (Å²) in [6.07, 6.45) is -2.80. The second kappa shape index (κ2) is 9.58. The molecule has 1 heterocycles. The number of halogens is 3. The Morgan fingerprint density at radius 2 is 1.94 bits per heavy atom. The van der Waals surface area contributed by atoms with Gasteiger partial charge in [0.2, 0.25) is 15.9 Å². The van der Waals surface area contributed by atoms with Gasteiger partial charge in [-0.25, -0.2) is 8.42 Å². The molecule has 0 fully saturated rings. The number of nitrogens with one attached hydrogen (secondary N) is 2. The average Bonchev–Trinajstić information content (AvgIpc) is 2.67. The third-order valence-electron chi connectivity index (χ3n) is 5.05. The monoisotopic (exact) mass is 463 g/mol. The van der Waals surface area contributed by atoms with Crippen molar-refractivity contribution in [1.82, 2.24) is 15.1 Å². The van der Waals surface area contributed by atoms with Crippen LogP contribution < -0.4 is 10.8 Å². The molecule has 1 unspecified atom stereocenters. The van der Waals surface area contributed by atoms with Crippen molar-refractivity contribution >= 4 is 15.9 Å². The SMILES string of the molecule is CC(NC(=O)CONC1=CCN(S(=O)(=O)c2cccc(C(F)(F)F)c2)CC1)C(C)(C)C. The maximum absolute atomic E-state index is 12.9. The lowest BCUT2D eigenvalue weighted by molar-refractivity contribution is -0.137. The van der Waals surface area contributed by atoms with Crippen LogP contribution in [0.1, 0.15) is 39.7 Å². The fourth-order valence-corrected chi connectivity index (χ4v) is 4.06.